The Hall–Kier alpha value is -2.40. The van der Waals surface area contributed by atoms with Crippen LogP contribution < -0.4 is 5.73 Å². The molecule has 0 saturated carbocycles. The zero-order valence-electron chi connectivity index (χ0n) is 11.8. The number of nitrogens with zero attached hydrogens (tertiary/aromatic N) is 2. The molecule has 21 heavy (non-hydrogen) atoms. The maximum atomic E-state index is 13.6. The number of benzene rings is 2. The summed E-state index contributed by atoms with van der Waals surface area (Å²) in [5.41, 5.74) is 7.91. The lowest BCUT2D eigenvalue weighted by Crippen LogP contribution is -2.19. The monoisotopic (exact) mass is 287 g/mol. The van der Waals surface area contributed by atoms with E-state index >= 15 is 0 Å². The summed E-state index contributed by atoms with van der Waals surface area (Å²) in [6.45, 7) is 1.15. The van der Waals surface area contributed by atoms with E-state index in [0.717, 1.165) is 5.56 Å². The van der Waals surface area contributed by atoms with Gasteiger partial charge in [0.2, 0.25) is 0 Å². The van der Waals surface area contributed by atoms with E-state index in [0.29, 0.717) is 24.2 Å². The molecule has 0 aromatic heterocycles. The third kappa shape index (κ3) is 4.03. The van der Waals surface area contributed by atoms with E-state index in [-0.39, 0.29) is 11.7 Å². The van der Waals surface area contributed by atoms with Gasteiger partial charge in [0.1, 0.15) is 5.82 Å². The van der Waals surface area contributed by atoms with Crippen LogP contribution in [0.3, 0.4) is 0 Å². The van der Waals surface area contributed by atoms with Crippen molar-refractivity contribution >= 4 is 5.84 Å². The average molecular weight is 287 g/mol. The first-order valence-electron chi connectivity index (χ1n) is 6.59. The molecule has 2 aromatic carbocycles. The average Bonchev–Trinajstić information content (AvgIpc) is 2.49. The van der Waals surface area contributed by atoms with Crippen LogP contribution in [0.5, 0.6) is 0 Å². The minimum atomic E-state index is -0.199. The standard InChI is InChI=1S/C16H18FN3O/c1-20(11-14-6-2-3-8-15(14)17)10-12-5-4-7-13(9-12)16(18)19-21/h2-9,21H,10-11H2,1H3,(H2,18,19). The summed E-state index contributed by atoms with van der Waals surface area (Å²) in [4.78, 5) is 2.00. The third-order valence-corrected chi connectivity index (χ3v) is 3.18. The molecule has 0 radical (unpaired) electrons. The van der Waals surface area contributed by atoms with Crippen molar-refractivity contribution in [1.29, 1.82) is 0 Å². The number of rotatable bonds is 5. The largest absolute Gasteiger partial charge is 0.409 e. The fourth-order valence-electron chi connectivity index (χ4n) is 2.17. The van der Waals surface area contributed by atoms with E-state index < -0.39 is 0 Å². The normalized spacial score (nSPS) is 11.9. The molecule has 0 bridgehead atoms. The van der Waals surface area contributed by atoms with E-state index in [9.17, 15) is 4.39 Å². The molecule has 3 N–H and O–H groups in total. The first-order chi connectivity index (χ1) is 10.1. The van der Waals surface area contributed by atoms with Crippen molar-refractivity contribution in [2.24, 2.45) is 10.9 Å². The highest BCUT2D eigenvalue weighted by molar-refractivity contribution is 5.97. The first kappa shape index (κ1) is 15.0. The van der Waals surface area contributed by atoms with Gasteiger partial charge in [-0.15, -0.1) is 0 Å². The van der Waals surface area contributed by atoms with Crippen LogP contribution in [-0.4, -0.2) is 23.0 Å². The topological polar surface area (TPSA) is 61.8 Å². The van der Waals surface area contributed by atoms with Crippen LogP contribution in [0.4, 0.5) is 4.39 Å². The van der Waals surface area contributed by atoms with E-state index in [1.165, 1.54) is 6.07 Å². The molecule has 0 atom stereocenters. The molecule has 0 aliphatic rings. The summed E-state index contributed by atoms with van der Waals surface area (Å²) in [7, 11) is 1.92. The smallest absolute Gasteiger partial charge is 0.170 e. The van der Waals surface area contributed by atoms with Gasteiger partial charge in [-0.25, -0.2) is 4.39 Å². The molecule has 5 heteroatoms. The highest BCUT2D eigenvalue weighted by Crippen LogP contribution is 2.12. The molecule has 0 amide bonds. The van der Waals surface area contributed by atoms with E-state index in [1.54, 1.807) is 18.2 Å². The maximum Gasteiger partial charge on any atom is 0.170 e. The number of amidine groups is 1. The number of oxime groups is 1. The van der Waals surface area contributed by atoms with Crippen LogP contribution in [0, 0.1) is 5.82 Å². The van der Waals surface area contributed by atoms with Crippen LogP contribution in [-0.2, 0) is 13.1 Å². The fourth-order valence-corrected chi connectivity index (χ4v) is 2.17. The van der Waals surface area contributed by atoms with Gasteiger partial charge in [-0.3, -0.25) is 4.90 Å². The Labute approximate surface area is 123 Å². The van der Waals surface area contributed by atoms with Crippen molar-refractivity contribution in [3.8, 4) is 0 Å². The van der Waals surface area contributed by atoms with Gasteiger partial charge in [-0.1, -0.05) is 41.6 Å². The summed E-state index contributed by atoms with van der Waals surface area (Å²) in [5.74, 6) is -0.122. The maximum absolute atomic E-state index is 13.6. The van der Waals surface area contributed by atoms with Crippen molar-refractivity contribution < 1.29 is 9.60 Å². The van der Waals surface area contributed by atoms with Crippen LogP contribution in [0.2, 0.25) is 0 Å². The second-order valence-corrected chi connectivity index (χ2v) is 4.95. The van der Waals surface area contributed by atoms with Gasteiger partial charge in [-0.2, -0.15) is 0 Å². The van der Waals surface area contributed by atoms with Gasteiger partial charge in [0.25, 0.3) is 0 Å². The number of hydrogen-bond acceptors (Lipinski definition) is 3. The summed E-state index contributed by atoms with van der Waals surface area (Å²) < 4.78 is 13.6. The molecular formula is C16H18FN3O. The predicted octanol–water partition coefficient (Wildman–Crippen LogP) is 2.55. The van der Waals surface area contributed by atoms with E-state index in [4.69, 9.17) is 10.9 Å². The molecule has 0 heterocycles. The van der Waals surface area contributed by atoms with Gasteiger partial charge >= 0.3 is 0 Å². The van der Waals surface area contributed by atoms with Gasteiger partial charge < -0.3 is 10.9 Å². The zero-order valence-corrected chi connectivity index (χ0v) is 11.8. The summed E-state index contributed by atoms with van der Waals surface area (Å²) in [6, 6.07) is 14.2. The molecule has 2 aromatic rings. The highest BCUT2D eigenvalue weighted by atomic mass is 19.1. The lowest BCUT2D eigenvalue weighted by atomic mass is 10.1. The minimum Gasteiger partial charge on any atom is -0.409 e. The highest BCUT2D eigenvalue weighted by Gasteiger charge is 2.07. The molecule has 0 saturated heterocycles. The van der Waals surface area contributed by atoms with Crippen LogP contribution in [0.1, 0.15) is 16.7 Å². The van der Waals surface area contributed by atoms with Crippen molar-refractivity contribution in [3.63, 3.8) is 0 Å². The Morgan fingerprint density at radius 1 is 1.19 bits per heavy atom. The van der Waals surface area contributed by atoms with Gasteiger partial charge in [0.05, 0.1) is 0 Å². The molecule has 0 aliphatic carbocycles. The molecule has 0 aliphatic heterocycles. The van der Waals surface area contributed by atoms with E-state index in [2.05, 4.69) is 5.16 Å². The Balaban J connectivity index is 2.06. The molecular weight excluding hydrogens is 269 g/mol. The zero-order chi connectivity index (χ0) is 15.2. The molecule has 2 rings (SSSR count). The second-order valence-electron chi connectivity index (χ2n) is 4.95. The van der Waals surface area contributed by atoms with Crippen LogP contribution >= 0.6 is 0 Å². The van der Waals surface area contributed by atoms with Gasteiger partial charge in [0, 0.05) is 24.2 Å². The molecule has 0 spiro atoms. The Morgan fingerprint density at radius 3 is 2.67 bits per heavy atom. The number of hydrogen-bond donors (Lipinski definition) is 2. The van der Waals surface area contributed by atoms with Gasteiger partial charge in [0.15, 0.2) is 5.84 Å². The summed E-state index contributed by atoms with van der Waals surface area (Å²) >= 11 is 0. The quantitative estimate of drug-likeness (QED) is 0.384. The fraction of sp³-hybridized carbons (Fsp3) is 0.188. The molecule has 4 nitrogen and oxygen atoms in total. The number of halogens is 1. The summed E-state index contributed by atoms with van der Waals surface area (Å²) in [6.07, 6.45) is 0. The van der Waals surface area contributed by atoms with Crippen molar-refractivity contribution in [1.82, 2.24) is 4.90 Å². The Bertz CT molecular complexity index is 643. The van der Waals surface area contributed by atoms with Crippen molar-refractivity contribution in [2.75, 3.05) is 7.05 Å². The first-order valence-corrected chi connectivity index (χ1v) is 6.59. The molecule has 0 unspecified atom stereocenters. The number of nitrogens with two attached hydrogens (primary N) is 1. The van der Waals surface area contributed by atoms with Crippen molar-refractivity contribution in [3.05, 3.63) is 71.0 Å². The van der Waals surface area contributed by atoms with Crippen LogP contribution in [0.25, 0.3) is 0 Å². The third-order valence-electron chi connectivity index (χ3n) is 3.18. The summed E-state index contributed by atoms with van der Waals surface area (Å²) in [5, 5.41) is 11.7. The SMILES string of the molecule is CN(Cc1cccc(C(N)=NO)c1)Cc1ccccc1F. The Morgan fingerprint density at radius 2 is 1.95 bits per heavy atom. The van der Waals surface area contributed by atoms with Crippen LogP contribution in [0.15, 0.2) is 53.7 Å². The Kier molecular flexibility index (Phi) is 4.90. The lowest BCUT2D eigenvalue weighted by molar-refractivity contribution is 0.313. The van der Waals surface area contributed by atoms with Gasteiger partial charge in [-0.05, 0) is 24.7 Å². The second kappa shape index (κ2) is 6.85. The molecule has 110 valence electrons. The van der Waals surface area contributed by atoms with E-state index in [1.807, 2.05) is 36.2 Å². The predicted molar refractivity (Wildman–Crippen MR) is 80.5 cm³/mol. The van der Waals surface area contributed by atoms with Crippen molar-refractivity contribution in [2.45, 2.75) is 13.1 Å². The minimum absolute atomic E-state index is 0.0774. The lowest BCUT2D eigenvalue weighted by Gasteiger charge is -2.17. The molecule has 0 fully saturated rings.